The normalized spacial score (nSPS) is 12.4. The van der Waals surface area contributed by atoms with Crippen molar-refractivity contribution in [2.45, 2.75) is 24.8 Å². The molecule has 0 amide bonds. The Morgan fingerprint density at radius 2 is 1.50 bits per heavy atom. The Bertz CT molecular complexity index is 909. The van der Waals surface area contributed by atoms with E-state index in [2.05, 4.69) is 4.72 Å². The average Bonchev–Trinajstić information content (AvgIpc) is 2.61. The molecule has 1 N–H and O–H groups in total. The summed E-state index contributed by atoms with van der Waals surface area (Å²) in [5.74, 6) is 0. The van der Waals surface area contributed by atoms with E-state index in [1.807, 2.05) is 37.3 Å². The molecule has 26 heavy (non-hydrogen) atoms. The Kier molecular flexibility index (Phi) is 6.94. The Morgan fingerprint density at radius 3 is 2.04 bits per heavy atom. The van der Waals surface area contributed by atoms with Crippen molar-refractivity contribution in [1.29, 1.82) is 0 Å². The molecule has 0 aromatic heterocycles. The molecule has 0 heterocycles. The van der Waals surface area contributed by atoms with E-state index in [0.29, 0.717) is 0 Å². The molecule has 0 aliphatic heterocycles. The first kappa shape index (κ1) is 20.6. The first-order valence-electron chi connectivity index (χ1n) is 8.30. The molecule has 2 aromatic rings. The lowest BCUT2D eigenvalue weighted by atomic mass is 10.2. The molecule has 0 atom stereocenters. The molecule has 142 valence electrons. The monoisotopic (exact) mass is 396 g/mol. The van der Waals surface area contributed by atoms with Gasteiger partial charge in [-0.05, 0) is 29.7 Å². The van der Waals surface area contributed by atoms with E-state index in [1.54, 1.807) is 24.3 Å². The smallest absolute Gasteiger partial charge is 0.212 e. The number of rotatable bonds is 9. The van der Waals surface area contributed by atoms with Crippen LogP contribution in [0, 0.1) is 0 Å². The summed E-state index contributed by atoms with van der Waals surface area (Å²) in [6.45, 7) is 2.25. The molecule has 6 nitrogen and oxygen atoms in total. The lowest BCUT2D eigenvalue weighted by Gasteiger charge is -2.20. The predicted molar refractivity (Wildman–Crippen MR) is 103 cm³/mol. The van der Waals surface area contributed by atoms with Gasteiger partial charge in [0.1, 0.15) is 0 Å². The molecule has 0 fully saturated rings. The van der Waals surface area contributed by atoms with E-state index >= 15 is 0 Å². The van der Waals surface area contributed by atoms with E-state index < -0.39 is 20.0 Å². The van der Waals surface area contributed by atoms with Crippen LogP contribution >= 0.6 is 0 Å². The summed E-state index contributed by atoms with van der Waals surface area (Å²) in [5, 5.41) is 0. The van der Waals surface area contributed by atoms with Gasteiger partial charge in [0, 0.05) is 19.6 Å². The number of nitrogens with zero attached hydrogens (tertiary/aromatic N) is 1. The van der Waals surface area contributed by atoms with Crippen molar-refractivity contribution in [2.75, 3.05) is 19.3 Å². The van der Waals surface area contributed by atoms with Gasteiger partial charge in [0.05, 0.1) is 11.2 Å². The molecule has 0 spiro atoms. The van der Waals surface area contributed by atoms with Crippen molar-refractivity contribution in [3.05, 3.63) is 65.7 Å². The van der Waals surface area contributed by atoms with Gasteiger partial charge in [-0.15, -0.1) is 0 Å². The largest absolute Gasteiger partial charge is 0.240 e. The fourth-order valence-electron chi connectivity index (χ4n) is 2.44. The van der Waals surface area contributed by atoms with Gasteiger partial charge >= 0.3 is 0 Å². The van der Waals surface area contributed by atoms with Crippen molar-refractivity contribution in [3.8, 4) is 0 Å². The maximum absolute atomic E-state index is 12.3. The van der Waals surface area contributed by atoms with Gasteiger partial charge in [-0.3, -0.25) is 0 Å². The average molecular weight is 397 g/mol. The lowest BCUT2D eigenvalue weighted by Crippen LogP contribution is -2.37. The molecule has 0 saturated carbocycles. The van der Waals surface area contributed by atoms with Crippen LogP contribution in [0.2, 0.25) is 0 Å². The van der Waals surface area contributed by atoms with Gasteiger partial charge in [-0.1, -0.05) is 49.4 Å². The maximum Gasteiger partial charge on any atom is 0.240 e. The minimum atomic E-state index is -3.67. The van der Waals surface area contributed by atoms with Gasteiger partial charge in [-0.25, -0.2) is 21.6 Å². The Hall–Kier alpha value is -1.74. The van der Waals surface area contributed by atoms with Crippen LogP contribution in [0.15, 0.2) is 59.5 Å². The number of aryl methyl sites for hydroxylation is 1. The number of sulfonamides is 2. The van der Waals surface area contributed by atoms with Crippen molar-refractivity contribution in [3.63, 3.8) is 0 Å². The van der Waals surface area contributed by atoms with Crippen LogP contribution in [0.4, 0.5) is 0 Å². The highest BCUT2D eigenvalue weighted by molar-refractivity contribution is 7.89. The third-order valence-electron chi connectivity index (χ3n) is 3.97. The van der Waals surface area contributed by atoms with E-state index in [9.17, 15) is 16.8 Å². The Labute approximate surface area is 156 Å². The summed E-state index contributed by atoms with van der Waals surface area (Å²) >= 11 is 0. The van der Waals surface area contributed by atoms with Crippen LogP contribution in [0.1, 0.15) is 18.1 Å². The third-order valence-corrected chi connectivity index (χ3v) is 6.69. The van der Waals surface area contributed by atoms with Crippen molar-refractivity contribution >= 4 is 20.0 Å². The van der Waals surface area contributed by atoms with Crippen LogP contribution in [-0.4, -0.2) is 40.5 Å². The summed E-state index contributed by atoms with van der Waals surface area (Å²) in [7, 11) is -7.13. The van der Waals surface area contributed by atoms with Crippen LogP contribution in [0.25, 0.3) is 0 Å². The molecular formula is C18H24N2O4S2. The number of hydrogen-bond acceptors (Lipinski definition) is 4. The van der Waals surface area contributed by atoms with Gasteiger partial charge in [0.2, 0.25) is 20.0 Å². The standard InChI is InChI=1S/C18H24N2O4S2/c1-3-16-9-11-18(12-10-16)26(23,24)19-13-14-20(25(2,21)22)15-17-7-5-4-6-8-17/h4-12,19H,3,13-15H2,1-2H3. The lowest BCUT2D eigenvalue weighted by molar-refractivity contribution is 0.412. The van der Waals surface area contributed by atoms with E-state index in [-0.39, 0.29) is 24.5 Å². The van der Waals surface area contributed by atoms with Crippen LogP contribution < -0.4 is 4.72 Å². The second-order valence-electron chi connectivity index (χ2n) is 5.98. The molecule has 0 aliphatic rings. The number of benzene rings is 2. The van der Waals surface area contributed by atoms with Crippen molar-refractivity contribution < 1.29 is 16.8 Å². The third kappa shape index (κ3) is 5.91. The Balaban J connectivity index is 2.01. The highest BCUT2D eigenvalue weighted by Crippen LogP contribution is 2.11. The summed E-state index contributed by atoms with van der Waals surface area (Å²) in [6, 6.07) is 15.8. The van der Waals surface area contributed by atoms with Crippen molar-refractivity contribution in [1.82, 2.24) is 9.03 Å². The SMILES string of the molecule is CCc1ccc(S(=O)(=O)NCCN(Cc2ccccc2)S(C)(=O)=O)cc1. The first-order valence-corrected chi connectivity index (χ1v) is 11.6. The molecular weight excluding hydrogens is 372 g/mol. The fourth-order valence-corrected chi connectivity index (χ4v) is 4.27. The molecule has 0 saturated heterocycles. The molecule has 0 radical (unpaired) electrons. The zero-order chi connectivity index (χ0) is 19.2. The molecule has 0 unspecified atom stereocenters. The number of nitrogens with one attached hydrogen (secondary N) is 1. The highest BCUT2D eigenvalue weighted by atomic mass is 32.2. The fraction of sp³-hybridized carbons (Fsp3) is 0.333. The zero-order valence-corrected chi connectivity index (χ0v) is 16.6. The molecule has 2 rings (SSSR count). The molecule has 0 aliphatic carbocycles. The molecule has 0 bridgehead atoms. The highest BCUT2D eigenvalue weighted by Gasteiger charge is 2.19. The quantitative estimate of drug-likeness (QED) is 0.703. The minimum absolute atomic E-state index is 0.00222. The number of hydrogen-bond donors (Lipinski definition) is 1. The van der Waals surface area contributed by atoms with Crippen LogP contribution in [0.3, 0.4) is 0 Å². The summed E-state index contributed by atoms with van der Waals surface area (Å²) < 4.78 is 52.4. The van der Waals surface area contributed by atoms with Crippen LogP contribution in [0.5, 0.6) is 0 Å². The van der Waals surface area contributed by atoms with E-state index in [0.717, 1.165) is 23.8 Å². The Morgan fingerprint density at radius 1 is 0.885 bits per heavy atom. The second kappa shape index (κ2) is 8.77. The zero-order valence-electron chi connectivity index (χ0n) is 14.9. The first-order chi connectivity index (χ1) is 12.2. The second-order valence-corrected chi connectivity index (χ2v) is 9.73. The van der Waals surface area contributed by atoms with E-state index in [4.69, 9.17) is 0 Å². The van der Waals surface area contributed by atoms with E-state index in [1.165, 1.54) is 4.31 Å². The summed E-state index contributed by atoms with van der Waals surface area (Å²) in [6.07, 6.45) is 1.95. The van der Waals surface area contributed by atoms with Gasteiger partial charge in [0.25, 0.3) is 0 Å². The maximum atomic E-state index is 12.3. The van der Waals surface area contributed by atoms with Crippen LogP contribution in [-0.2, 0) is 33.0 Å². The summed E-state index contributed by atoms with van der Waals surface area (Å²) in [5.41, 5.74) is 1.89. The molecule has 8 heteroatoms. The van der Waals surface area contributed by atoms with Gasteiger partial charge in [0.15, 0.2) is 0 Å². The van der Waals surface area contributed by atoms with Gasteiger partial charge in [-0.2, -0.15) is 4.31 Å². The van der Waals surface area contributed by atoms with Gasteiger partial charge < -0.3 is 0 Å². The molecule has 2 aromatic carbocycles. The van der Waals surface area contributed by atoms with Crippen molar-refractivity contribution in [2.24, 2.45) is 0 Å². The summed E-state index contributed by atoms with van der Waals surface area (Å²) in [4.78, 5) is 0.170. The predicted octanol–water partition coefficient (Wildman–Crippen LogP) is 1.99. The minimum Gasteiger partial charge on any atom is -0.212 e. The topological polar surface area (TPSA) is 83.6 Å².